The minimum Gasteiger partial charge on any atom is -0.392 e. The van der Waals surface area contributed by atoms with E-state index in [-0.39, 0.29) is 16.8 Å². The molecule has 1 atom stereocenters. The van der Waals surface area contributed by atoms with E-state index in [9.17, 15) is 14.0 Å². The van der Waals surface area contributed by atoms with Gasteiger partial charge in [0.1, 0.15) is 5.82 Å². The van der Waals surface area contributed by atoms with Gasteiger partial charge in [-0.25, -0.2) is 4.39 Å². The van der Waals surface area contributed by atoms with Crippen molar-refractivity contribution in [3.8, 4) is 0 Å². The summed E-state index contributed by atoms with van der Waals surface area (Å²) >= 11 is 0. The van der Waals surface area contributed by atoms with Crippen LogP contribution in [0.5, 0.6) is 0 Å². The van der Waals surface area contributed by atoms with Gasteiger partial charge in [-0.15, -0.1) is 9.24 Å². The molecule has 0 aliphatic rings. The van der Waals surface area contributed by atoms with Crippen LogP contribution >= 0.6 is 9.24 Å². The molecule has 0 aliphatic heterocycles. The fraction of sp³-hybridized carbons (Fsp3) is 0.250. The zero-order valence-electron chi connectivity index (χ0n) is 13.2. The van der Waals surface area contributed by atoms with E-state index in [0.29, 0.717) is 11.8 Å². The highest BCUT2D eigenvalue weighted by Crippen LogP contribution is 2.10. The number of halogens is 1. The van der Waals surface area contributed by atoms with Gasteiger partial charge in [0.2, 0.25) is 0 Å². The number of hydrogen-bond donors (Lipinski definition) is 3. The van der Waals surface area contributed by atoms with E-state index in [0.717, 1.165) is 6.42 Å². The van der Waals surface area contributed by atoms with Gasteiger partial charge < -0.3 is 16.0 Å². The molecule has 1 aromatic rings. The van der Waals surface area contributed by atoms with Gasteiger partial charge >= 0.3 is 0 Å². The fourth-order valence-corrected chi connectivity index (χ4v) is 2.16. The smallest absolute Gasteiger partial charge is 0.259 e. The lowest BCUT2D eigenvalue weighted by molar-refractivity contribution is -0.117. The van der Waals surface area contributed by atoms with Crippen molar-refractivity contribution in [3.05, 3.63) is 53.6 Å². The van der Waals surface area contributed by atoms with Crippen molar-refractivity contribution in [1.29, 1.82) is 0 Å². The van der Waals surface area contributed by atoms with Gasteiger partial charge in [0.15, 0.2) is 0 Å². The minimum absolute atomic E-state index is 0.0859. The van der Waals surface area contributed by atoms with Crippen LogP contribution in [0.3, 0.4) is 0 Å². The Labute approximate surface area is 137 Å². The monoisotopic (exact) mass is 337 g/mol. The maximum absolute atomic E-state index is 13.9. The molecule has 5 nitrogen and oxygen atoms in total. The zero-order valence-corrected chi connectivity index (χ0v) is 14.4. The molecule has 0 saturated heterocycles. The molecule has 1 unspecified atom stereocenters. The average molecular weight is 337 g/mol. The van der Waals surface area contributed by atoms with Crippen molar-refractivity contribution in [1.82, 2.24) is 16.0 Å². The molecule has 1 aromatic carbocycles. The summed E-state index contributed by atoms with van der Waals surface area (Å²) in [6.45, 7) is 6.11. The molecule has 124 valence electrons. The number of hydrogen-bond acceptors (Lipinski definition) is 3. The Morgan fingerprint density at radius 1 is 1.39 bits per heavy atom. The Morgan fingerprint density at radius 3 is 2.65 bits per heavy atom. The molecule has 1 rings (SSSR count). The van der Waals surface area contributed by atoms with Gasteiger partial charge in [-0.1, -0.05) is 25.6 Å². The number of carbonyl (C=O) groups is 2. The topological polar surface area (TPSA) is 70.2 Å². The summed E-state index contributed by atoms with van der Waals surface area (Å²) in [4.78, 5) is 24.3. The first kappa shape index (κ1) is 18.8. The quantitative estimate of drug-likeness (QED) is 0.398. The number of carbonyl (C=O) groups excluding carboxylic acids is 2. The lowest BCUT2D eigenvalue weighted by Crippen LogP contribution is -2.33. The number of benzene rings is 1. The van der Waals surface area contributed by atoms with E-state index in [2.05, 4.69) is 31.8 Å². The van der Waals surface area contributed by atoms with Crippen molar-refractivity contribution >= 4 is 26.4 Å². The molecule has 3 N–H and O–H groups in total. The van der Waals surface area contributed by atoms with Crippen LogP contribution in [0.25, 0.3) is 0 Å². The Bertz CT molecular complexity index is 624. The summed E-state index contributed by atoms with van der Waals surface area (Å²) in [6.07, 6.45) is 2.21. The maximum Gasteiger partial charge on any atom is 0.259 e. The lowest BCUT2D eigenvalue weighted by Gasteiger charge is -2.14. The molecule has 0 heterocycles. The van der Waals surface area contributed by atoms with Crippen LogP contribution in [0.4, 0.5) is 4.39 Å². The van der Waals surface area contributed by atoms with Crippen LogP contribution in [0.2, 0.25) is 0 Å². The first-order valence-electron chi connectivity index (χ1n) is 7.12. The predicted octanol–water partition coefficient (Wildman–Crippen LogP) is 1.20. The van der Waals surface area contributed by atoms with Crippen LogP contribution in [0.1, 0.15) is 23.7 Å². The molecular weight excluding hydrogens is 316 g/mol. The normalized spacial score (nSPS) is 10.9. The van der Waals surface area contributed by atoms with Gasteiger partial charge in [0, 0.05) is 19.8 Å². The zero-order chi connectivity index (χ0) is 17.4. The third-order valence-corrected chi connectivity index (χ3v) is 3.43. The number of amides is 2. The van der Waals surface area contributed by atoms with Crippen LogP contribution in [-0.2, 0) is 4.79 Å². The highest BCUT2D eigenvalue weighted by atomic mass is 31.0. The molecule has 0 saturated carbocycles. The number of nitrogens with one attached hydrogen (secondary N) is 3. The van der Waals surface area contributed by atoms with Gasteiger partial charge in [-0.3, -0.25) is 9.59 Å². The Morgan fingerprint density at radius 2 is 2.09 bits per heavy atom. The van der Waals surface area contributed by atoms with Crippen LogP contribution < -0.4 is 21.3 Å². The van der Waals surface area contributed by atoms with E-state index in [1.165, 1.54) is 18.3 Å². The largest absolute Gasteiger partial charge is 0.392 e. The van der Waals surface area contributed by atoms with Crippen LogP contribution in [0, 0.1) is 5.82 Å². The summed E-state index contributed by atoms with van der Waals surface area (Å²) in [5, 5.41) is 8.34. The van der Waals surface area contributed by atoms with Crippen molar-refractivity contribution in [2.45, 2.75) is 13.3 Å². The standard InChI is InChI=1S/C16H21FN3O2P/c1-4-8-19-15(21)10(2)12(9-18-3)20-16(22)14-11(17)6-5-7-13(14)23/h5-7,9,18H,2,4,8,23H2,1,3H3,(H,19,21)(H,20,22)/b12-9+. The highest BCUT2D eigenvalue weighted by molar-refractivity contribution is 7.27. The fourth-order valence-electron chi connectivity index (χ4n) is 1.78. The predicted molar refractivity (Wildman–Crippen MR) is 92.8 cm³/mol. The van der Waals surface area contributed by atoms with E-state index >= 15 is 0 Å². The summed E-state index contributed by atoms with van der Waals surface area (Å²) < 4.78 is 13.9. The van der Waals surface area contributed by atoms with Crippen molar-refractivity contribution in [3.63, 3.8) is 0 Å². The molecule has 0 fully saturated rings. The van der Waals surface area contributed by atoms with Crippen molar-refractivity contribution in [2.75, 3.05) is 13.6 Å². The Balaban J connectivity index is 2.96. The maximum atomic E-state index is 13.9. The molecule has 0 aromatic heterocycles. The molecule has 2 amide bonds. The average Bonchev–Trinajstić information content (AvgIpc) is 2.51. The molecule has 0 radical (unpaired) electrons. The summed E-state index contributed by atoms with van der Waals surface area (Å²) in [7, 11) is 3.93. The van der Waals surface area contributed by atoms with Gasteiger partial charge in [-0.05, 0) is 17.8 Å². The van der Waals surface area contributed by atoms with Crippen molar-refractivity contribution < 1.29 is 14.0 Å². The summed E-state index contributed by atoms with van der Waals surface area (Å²) in [5.74, 6) is -1.69. The first-order valence-corrected chi connectivity index (χ1v) is 7.70. The summed E-state index contributed by atoms with van der Waals surface area (Å²) in [6, 6.07) is 4.32. The lowest BCUT2D eigenvalue weighted by atomic mass is 10.1. The van der Waals surface area contributed by atoms with Gasteiger partial charge in [-0.2, -0.15) is 0 Å². The van der Waals surface area contributed by atoms with Gasteiger partial charge in [0.25, 0.3) is 11.8 Å². The van der Waals surface area contributed by atoms with Crippen LogP contribution in [0.15, 0.2) is 42.2 Å². The van der Waals surface area contributed by atoms with E-state index in [1.54, 1.807) is 13.1 Å². The molecule has 0 spiro atoms. The summed E-state index contributed by atoms with van der Waals surface area (Å²) in [5.41, 5.74) is 0.169. The second-order valence-electron chi connectivity index (χ2n) is 4.74. The SMILES string of the molecule is C=C(C(=O)NCCC)/C(=C\NC)NC(=O)c1c(F)cccc1P. The molecule has 0 aliphatic carbocycles. The molecule has 7 heteroatoms. The third kappa shape index (κ3) is 5.18. The van der Waals surface area contributed by atoms with Crippen LogP contribution in [-0.4, -0.2) is 25.4 Å². The minimum atomic E-state index is -0.654. The van der Waals surface area contributed by atoms with E-state index in [4.69, 9.17) is 0 Å². The third-order valence-electron chi connectivity index (χ3n) is 2.94. The number of rotatable bonds is 7. The molecule has 23 heavy (non-hydrogen) atoms. The Kier molecular flexibility index (Phi) is 7.42. The van der Waals surface area contributed by atoms with Gasteiger partial charge in [0.05, 0.1) is 16.8 Å². The second-order valence-corrected chi connectivity index (χ2v) is 5.36. The van der Waals surface area contributed by atoms with E-state index in [1.807, 2.05) is 6.92 Å². The molecular formula is C16H21FN3O2P. The highest BCUT2D eigenvalue weighted by Gasteiger charge is 2.19. The first-order chi connectivity index (χ1) is 10.9. The van der Waals surface area contributed by atoms with E-state index < -0.39 is 17.6 Å². The van der Waals surface area contributed by atoms with Crippen molar-refractivity contribution in [2.24, 2.45) is 0 Å². The second kappa shape index (κ2) is 9.06. The Hall–Kier alpha value is -2.20. The molecule has 0 bridgehead atoms.